The number of carbonyl (C=O) groups is 1. The molecule has 3 saturated heterocycles. The molecule has 0 radical (unpaired) electrons. The van der Waals surface area contributed by atoms with Crippen molar-refractivity contribution in [1.29, 1.82) is 0 Å². The highest BCUT2D eigenvalue weighted by Gasteiger charge is 2.37. The van der Waals surface area contributed by atoms with Gasteiger partial charge in [0.15, 0.2) is 0 Å². The Hall–Kier alpha value is -4.58. The fourth-order valence-corrected chi connectivity index (χ4v) is 7.62. The predicted octanol–water partition coefficient (Wildman–Crippen LogP) is 6.58. The number of ether oxygens (including phenoxy) is 3. The van der Waals surface area contributed by atoms with Crippen molar-refractivity contribution in [2.75, 3.05) is 46.4 Å². The van der Waals surface area contributed by atoms with Crippen LogP contribution in [0.3, 0.4) is 0 Å². The minimum Gasteiger partial charge on any atom is -0.506 e. The van der Waals surface area contributed by atoms with E-state index in [1.807, 2.05) is 48.5 Å². The van der Waals surface area contributed by atoms with Crippen LogP contribution in [0.4, 0.5) is 4.79 Å². The number of pyridine rings is 1. The molecule has 3 aliphatic heterocycles. The van der Waals surface area contributed by atoms with Gasteiger partial charge in [0.2, 0.25) is 5.56 Å². The van der Waals surface area contributed by atoms with Crippen LogP contribution in [0, 0.1) is 5.92 Å². The number of aliphatic hydroxyl groups is 1. The summed E-state index contributed by atoms with van der Waals surface area (Å²) in [4.78, 5) is 29.9. The molecule has 3 aliphatic rings. The fraction of sp³-hybridized carbons (Fsp3) is 0.476. The number of phenols is 1. The number of alkyl carbamates (subject to hydrolysis) is 1. The predicted molar refractivity (Wildman–Crippen MR) is 206 cm³/mol. The molecule has 0 aliphatic carbocycles. The molecule has 3 fully saturated rings. The van der Waals surface area contributed by atoms with E-state index in [1.54, 1.807) is 19.2 Å². The minimum atomic E-state index is -0.750. The maximum atomic E-state index is 13.3. The van der Waals surface area contributed by atoms with Gasteiger partial charge in [0.1, 0.15) is 23.4 Å². The Morgan fingerprint density at radius 3 is 2.38 bits per heavy atom. The molecule has 53 heavy (non-hydrogen) atoms. The van der Waals surface area contributed by atoms with Gasteiger partial charge >= 0.3 is 6.09 Å². The number of fused-ring (bicyclic) bond motifs is 4. The summed E-state index contributed by atoms with van der Waals surface area (Å²) in [6.07, 6.45) is 8.52. The number of nitrogens with one attached hydrogen (secondary N) is 3. The summed E-state index contributed by atoms with van der Waals surface area (Å²) in [5.41, 5.74) is 2.53. The van der Waals surface area contributed by atoms with Crippen molar-refractivity contribution >= 4 is 17.0 Å². The smallest absolute Gasteiger partial charge is 0.408 e. The van der Waals surface area contributed by atoms with Gasteiger partial charge in [-0.3, -0.25) is 9.69 Å². The Balaban J connectivity index is 0.895. The number of carbonyl (C=O) groups excluding carboxylic acids is 1. The molecule has 0 saturated carbocycles. The minimum absolute atomic E-state index is 0.0129. The Bertz CT molecular complexity index is 1830. The van der Waals surface area contributed by atoms with Gasteiger partial charge in [-0.15, -0.1) is 0 Å². The van der Waals surface area contributed by atoms with Crippen molar-refractivity contribution < 1.29 is 29.2 Å². The van der Waals surface area contributed by atoms with Crippen LogP contribution in [0.15, 0.2) is 77.6 Å². The number of hydrogen-bond donors (Lipinski definition) is 5. The zero-order chi connectivity index (χ0) is 37.0. The van der Waals surface area contributed by atoms with E-state index in [2.05, 4.69) is 20.5 Å². The van der Waals surface area contributed by atoms with Gasteiger partial charge in [-0.2, -0.15) is 0 Å². The zero-order valence-electron chi connectivity index (χ0n) is 30.7. The van der Waals surface area contributed by atoms with Crippen LogP contribution in [-0.2, 0) is 4.74 Å². The maximum Gasteiger partial charge on any atom is 0.408 e. The largest absolute Gasteiger partial charge is 0.506 e. The van der Waals surface area contributed by atoms with E-state index >= 15 is 0 Å². The van der Waals surface area contributed by atoms with Crippen molar-refractivity contribution in [3.63, 3.8) is 0 Å². The Morgan fingerprint density at radius 1 is 0.906 bits per heavy atom. The Kier molecular flexibility index (Phi) is 13.6. The van der Waals surface area contributed by atoms with Crippen LogP contribution < -0.4 is 25.7 Å². The molecule has 3 aromatic carbocycles. The highest BCUT2D eigenvalue weighted by atomic mass is 16.6. The molecular formula is C42H54N4O7. The van der Waals surface area contributed by atoms with Gasteiger partial charge < -0.3 is 40.0 Å². The lowest BCUT2D eigenvalue weighted by molar-refractivity contribution is -0.0336. The average molecular weight is 727 g/mol. The third kappa shape index (κ3) is 10.5. The molecule has 0 spiro atoms. The summed E-state index contributed by atoms with van der Waals surface area (Å²) in [5, 5.41) is 27.9. The Morgan fingerprint density at radius 2 is 1.64 bits per heavy atom. The summed E-state index contributed by atoms with van der Waals surface area (Å²) >= 11 is 0. The highest BCUT2D eigenvalue weighted by molar-refractivity contribution is 5.87. The molecule has 11 nitrogen and oxygen atoms in total. The summed E-state index contributed by atoms with van der Waals surface area (Å²) in [7, 11) is 1.64. The number of benzene rings is 3. The first-order valence-corrected chi connectivity index (χ1v) is 19.2. The zero-order valence-corrected chi connectivity index (χ0v) is 30.7. The van der Waals surface area contributed by atoms with Crippen LogP contribution in [0.1, 0.15) is 86.6 Å². The summed E-state index contributed by atoms with van der Waals surface area (Å²) in [5.74, 6) is 1.80. The van der Waals surface area contributed by atoms with Crippen LogP contribution in [0.25, 0.3) is 10.9 Å². The van der Waals surface area contributed by atoms with Crippen LogP contribution in [0.5, 0.6) is 17.2 Å². The number of aromatic nitrogens is 1. The molecule has 1 amide bonds. The average Bonchev–Trinajstić information content (AvgIpc) is 3.18. The lowest BCUT2D eigenvalue weighted by Gasteiger charge is -2.43. The first-order valence-electron chi connectivity index (χ1n) is 19.2. The topological polar surface area (TPSA) is 145 Å². The fourth-order valence-electron chi connectivity index (χ4n) is 7.62. The van der Waals surface area contributed by atoms with Gasteiger partial charge in [-0.25, -0.2) is 4.79 Å². The van der Waals surface area contributed by atoms with Gasteiger partial charge in [0.05, 0.1) is 31.4 Å². The van der Waals surface area contributed by atoms with E-state index in [-0.39, 0.29) is 17.4 Å². The van der Waals surface area contributed by atoms with Crippen LogP contribution in [-0.4, -0.2) is 78.7 Å². The maximum absolute atomic E-state index is 13.3. The molecule has 4 heterocycles. The van der Waals surface area contributed by atoms with Crippen molar-refractivity contribution in [3.8, 4) is 17.2 Å². The summed E-state index contributed by atoms with van der Waals surface area (Å²) in [6.45, 7) is 4.78. The number of phenolic OH excluding ortho intramolecular Hbond substituents is 1. The monoisotopic (exact) mass is 726 g/mol. The second kappa shape index (κ2) is 19.0. The molecule has 4 aromatic rings. The van der Waals surface area contributed by atoms with Gasteiger partial charge in [0, 0.05) is 30.6 Å². The van der Waals surface area contributed by atoms with E-state index in [1.165, 1.54) is 12.1 Å². The SMILES string of the molecule is COc1cc(OCCCCCCCCCNC[C@H](O)c2ccc(O)c3[nH]c(=O)ccc23)cc(C(NC(=O)O[C@H]2CN3CCC2CC3)c2ccccc2)c1. The third-order valence-corrected chi connectivity index (χ3v) is 10.6. The molecule has 2 bridgehead atoms. The number of aromatic hydroxyl groups is 1. The number of rotatable bonds is 19. The number of unbranched alkanes of at least 4 members (excludes halogenated alkanes) is 6. The molecule has 5 N–H and O–H groups in total. The van der Waals surface area contributed by atoms with Crippen molar-refractivity contribution in [1.82, 2.24) is 20.5 Å². The summed E-state index contributed by atoms with van der Waals surface area (Å²) < 4.78 is 17.8. The van der Waals surface area contributed by atoms with Crippen molar-refractivity contribution in [2.45, 2.75) is 76.0 Å². The molecule has 11 heteroatoms. The van der Waals surface area contributed by atoms with Gasteiger partial charge in [-0.1, -0.05) is 68.5 Å². The number of aliphatic hydroxyl groups excluding tert-OH is 1. The lowest BCUT2D eigenvalue weighted by Crippen LogP contribution is -2.52. The quantitative estimate of drug-likeness (QED) is 0.0677. The van der Waals surface area contributed by atoms with Crippen LogP contribution in [0.2, 0.25) is 0 Å². The molecule has 7 rings (SSSR count). The molecule has 1 unspecified atom stereocenters. The number of H-pyrrole nitrogens is 1. The molecule has 3 atom stereocenters. The molecular weight excluding hydrogens is 672 g/mol. The van der Waals surface area contributed by atoms with Crippen molar-refractivity contribution in [2.24, 2.45) is 5.92 Å². The van der Waals surface area contributed by atoms with E-state index in [9.17, 15) is 19.8 Å². The van der Waals surface area contributed by atoms with E-state index in [4.69, 9.17) is 14.2 Å². The van der Waals surface area contributed by atoms with E-state index in [0.29, 0.717) is 47.0 Å². The number of hydrogen-bond acceptors (Lipinski definition) is 9. The van der Waals surface area contributed by atoms with Crippen LogP contribution >= 0.6 is 0 Å². The van der Waals surface area contributed by atoms with E-state index in [0.717, 1.165) is 95.1 Å². The second-order valence-corrected chi connectivity index (χ2v) is 14.3. The number of nitrogens with zero attached hydrogens (tertiary/aromatic N) is 1. The number of piperidine rings is 3. The summed E-state index contributed by atoms with van der Waals surface area (Å²) in [6, 6.07) is 21.5. The second-order valence-electron chi connectivity index (χ2n) is 14.3. The first-order chi connectivity index (χ1) is 25.9. The first kappa shape index (κ1) is 38.2. The van der Waals surface area contributed by atoms with Crippen molar-refractivity contribution in [3.05, 3.63) is 99.8 Å². The molecule has 1 aromatic heterocycles. The molecule has 284 valence electrons. The lowest BCUT2D eigenvalue weighted by atomic mass is 9.86. The normalized spacial score (nSPS) is 19.1. The number of aromatic amines is 1. The number of amides is 1. The highest BCUT2D eigenvalue weighted by Crippen LogP contribution is 2.33. The Labute approximate surface area is 311 Å². The van der Waals surface area contributed by atoms with E-state index < -0.39 is 18.2 Å². The third-order valence-electron chi connectivity index (χ3n) is 10.6. The number of methoxy groups -OCH3 is 1. The van der Waals surface area contributed by atoms with Gasteiger partial charge in [-0.05, 0) is 92.2 Å². The van der Waals surface area contributed by atoms with Gasteiger partial charge in [0.25, 0.3) is 0 Å². The standard InChI is InChI=1S/C42H54N4O7/c1-51-32-24-31(40(30-12-8-7-9-13-30)45-42(50)53-38-28-46-21-18-29(38)19-22-46)25-33(26-32)52-23-11-6-4-2-3-5-10-20-43-27-37(48)34-14-16-36(47)41-35(34)15-17-39(49)44-41/h7-9,12-17,24-26,29,37-38,40,43,47-48H,2-6,10-11,18-23,27-28H2,1H3,(H,44,49)(H,45,50)/t37-,38-,40?/m0/s1.